The van der Waals surface area contributed by atoms with Crippen LogP contribution in [-0.4, -0.2) is 17.0 Å². The molecule has 3 N–H and O–H groups in total. The van der Waals surface area contributed by atoms with Crippen LogP contribution in [0.5, 0.6) is 23.0 Å². The molecule has 0 aromatic heterocycles. The number of phenolic OH excluding ortho intramolecular Hbond substituents is 2. The summed E-state index contributed by atoms with van der Waals surface area (Å²) in [5.74, 6) is 1.53. The lowest BCUT2D eigenvalue weighted by Crippen LogP contribution is -2.06. The first-order valence-electron chi connectivity index (χ1n) is 6.31. The van der Waals surface area contributed by atoms with Crippen LogP contribution in [0.1, 0.15) is 18.5 Å². The van der Waals surface area contributed by atoms with Crippen LogP contribution in [0.4, 0.5) is 5.69 Å². The lowest BCUT2D eigenvalue weighted by atomic mass is 10.1. The fourth-order valence-electron chi connectivity index (χ4n) is 2.19. The molecule has 3 rings (SSSR count). The number of phenols is 2. The van der Waals surface area contributed by atoms with Gasteiger partial charge >= 0.3 is 0 Å². The topological polar surface area (TPSA) is 71.0 Å². The lowest BCUT2D eigenvalue weighted by molar-refractivity contribution is 0.174. The van der Waals surface area contributed by atoms with Crippen molar-refractivity contribution in [1.82, 2.24) is 0 Å². The van der Waals surface area contributed by atoms with Crippen LogP contribution in [0, 0.1) is 0 Å². The minimum absolute atomic E-state index is 0.0411. The first kappa shape index (κ1) is 12.5. The van der Waals surface area contributed by atoms with E-state index in [0.717, 1.165) is 17.0 Å². The minimum Gasteiger partial charge on any atom is -0.508 e. The Morgan fingerprint density at radius 3 is 2.45 bits per heavy atom. The lowest BCUT2D eigenvalue weighted by Gasteiger charge is -2.16. The van der Waals surface area contributed by atoms with Crippen LogP contribution < -0.4 is 14.8 Å². The number of aromatic hydroxyl groups is 2. The molecule has 5 nitrogen and oxygen atoms in total. The molecule has 1 aliphatic rings. The smallest absolute Gasteiger partial charge is 0.231 e. The summed E-state index contributed by atoms with van der Waals surface area (Å²) in [6.07, 6.45) is 0. The van der Waals surface area contributed by atoms with Crippen LogP contribution in [0.2, 0.25) is 0 Å². The van der Waals surface area contributed by atoms with Crippen molar-refractivity contribution in [2.24, 2.45) is 0 Å². The van der Waals surface area contributed by atoms with E-state index in [1.807, 2.05) is 25.1 Å². The second kappa shape index (κ2) is 4.85. The summed E-state index contributed by atoms with van der Waals surface area (Å²) in [5.41, 5.74) is 1.67. The average molecular weight is 273 g/mol. The predicted octanol–water partition coefficient (Wildman–Crippen LogP) is 3.00. The fourth-order valence-corrected chi connectivity index (χ4v) is 2.19. The summed E-state index contributed by atoms with van der Waals surface area (Å²) in [4.78, 5) is 0. The van der Waals surface area contributed by atoms with Crippen molar-refractivity contribution in [1.29, 1.82) is 0 Å². The van der Waals surface area contributed by atoms with Gasteiger partial charge in [0.05, 0.1) is 0 Å². The molecule has 1 unspecified atom stereocenters. The summed E-state index contributed by atoms with van der Waals surface area (Å²) in [7, 11) is 0. The highest BCUT2D eigenvalue weighted by Gasteiger charge is 2.14. The van der Waals surface area contributed by atoms with Crippen molar-refractivity contribution >= 4 is 5.69 Å². The molecule has 0 bridgehead atoms. The average Bonchev–Trinajstić information content (AvgIpc) is 2.85. The molecule has 1 atom stereocenters. The van der Waals surface area contributed by atoms with Gasteiger partial charge in [-0.3, -0.25) is 0 Å². The van der Waals surface area contributed by atoms with E-state index in [1.165, 1.54) is 6.07 Å². The summed E-state index contributed by atoms with van der Waals surface area (Å²) in [6.45, 7) is 2.19. The van der Waals surface area contributed by atoms with Gasteiger partial charge in [-0.15, -0.1) is 0 Å². The molecule has 5 heteroatoms. The van der Waals surface area contributed by atoms with E-state index in [4.69, 9.17) is 9.47 Å². The Kier molecular flexibility index (Phi) is 3.02. The Labute approximate surface area is 116 Å². The Bertz CT molecular complexity index is 622. The fraction of sp³-hybridized carbons (Fsp3) is 0.200. The van der Waals surface area contributed by atoms with Crippen LogP contribution in [-0.2, 0) is 0 Å². The van der Waals surface area contributed by atoms with E-state index in [0.29, 0.717) is 5.75 Å². The largest absolute Gasteiger partial charge is 0.508 e. The molecule has 2 aromatic rings. The molecule has 0 amide bonds. The molecule has 0 spiro atoms. The maximum Gasteiger partial charge on any atom is 0.231 e. The number of anilines is 1. The quantitative estimate of drug-likeness (QED) is 0.802. The van der Waals surface area contributed by atoms with E-state index in [1.54, 1.807) is 12.1 Å². The molecular formula is C15H15NO4. The molecule has 0 aliphatic carbocycles. The van der Waals surface area contributed by atoms with Gasteiger partial charge < -0.3 is 25.0 Å². The molecule has 0 saturated carbocycles. The number of rotatable bonds is 3. The highest BCUT2D eigenvalue weighted by atomic mass is 16.7. The number of fused-ring (bicyclic) bond motifs is 1. The SMILES string of the molecule is CC(Nc1ccc2c(c1)OCO2)c1cc(O)cc(O)c1. The van der Waals surface area contributed by atoms with Crippen LogP contribution >= 0.6 is 0 Å². The van der Waals surface area contributed by atoms with E-state index in [9.17, 15) is 10.2 Å². The van der Waals surface area contributed by atoms with Crippen LogP contribution in [0.15, 0.2) is 36.4 Å². The molecule has 1 aliphatic heterocycles. The first-order valence-corrected chi connectivity index (χ1v) is 6.31. The van der Waals surface area contributed by atoms with Gasteiger partial charge in [0.2, 0.25) is 6.79 Å². The molecule has 104 valence electrons. The maximum atomic E-state index is 9.51. The van der Waals surface area contributed by atoms with Crippen LogP contribution in [0.3, 0.4) is 0 Å². The van der Waals surface area contributed by atoms with Gasteiger partial charge in [0.15, 0.2) is 11.5 Å². The number of nitrogens with one attached hydrogen (secondary N) is 1. The number of hydrogen-bond acceptors (Lipinski definition) is 5. The zero-order valence-electron chi connectivity index (χ0n) is 11.0. The van der Waals surface area contributed by atoms with E-state index in [-0.39, 0.29) is 24.3 Å². The normalized spacial score (nSPS) is 14.1. The second-order valence-electron chi connectivity index (χ2n) is 4.72. The molecule has 0 fully saturated rings. The van der Waals surface area contributed by atoms with Crippen LogP contribution in [0.25, 0.3) is 0 Å². The highest BCUT2D eigenvalue weighted by molar-refractivity contribution is 5.56. The summed E-state index contributed by atoms with van der Waals surface area (Å²) in [6, 6.07) is 10.1. The predicted molar refractivity (Wildman–Crippen MR) is 74.4 cm³/mol. The monoisotopic (exact) mass is 273 g/mol. The molecule has 0 radical (unpaired) electrons. The maximum absolute atomic E-state index is 9.51. The number of hydrogen-bond donors (Lipinski definition) is 3. The Hall–Kier alpha value is -2.56. The third kappa shape index (κ3) is 2.42. The van der Waals surface area contributed by atoms with Gasteiger partial charge in [-0.25, -0.2) is 0 Å². The zero-order chi connectivity index (χ0) is 14.1. The van der Waals surface area contributed by atoms with E-state index in [2.05, 4.69) is 5.32 Å². The van der Waals surface area contributed by atoms with E-state index >= 15 is 0 Å². The first-order chi connectivity index (χ1) is 9.61. The van der Waals surface area contributed by atoms with Gasteiger partial charge in [-0.1, -0.05) is 0 Å². The summed E-state index contributed by atoms with van der Waals surface area (Å²) < 4.78 is 10.6. The molecule has 20 heavy (non-hydrogen) atoms. The van der Waals surface area contributed by atoms with Gasteiger partial charge in [0.1, 0.15) is 11.5 Å². The van der Waals surface area contributed by atoms with Gasteiger partial charge in [0, 0.05) is 23.9 Å². The van der Waals surface area contributed by atoms with Crippen molar-refractivity contribution in [2.75, 3.05) is 12.1 Å². The molecule has 2 aromatic carbocycles. The van der Waals surface area contributed by atoms with Crippen molar-refractivity contribution in [3.8, 4) is 23.0 Å². The van der Waals surface area contributed by atoms with Crippen molar-refractivity contribution in [2.45, 2.75) is 13.0 Å². The second-order valence-corrected chi connectivity index (χ2v) is 4.72. The number of ether oxygens (including phenoxy) is 2. The van der Waals surface area contributed by atoms with Gasteiger partial charge in [-0.05, 0) is 36.8 Å². The summed E-state index contributed by atoms with van der Waals surface area (Å²) >= 11 is 0. The zero-order valence-corrected chi connectivity index (χ0v) is 11.0. The number of benzene rings is 2. The Morgan fingerprint density at radius 2 is 1.70 bits per heavy atom. The van der Waals surface area contributed by atoms with Gasteiger partial charge in [-0.2, -0.15) is 0 Å². The Balaban J connectivity index is 1.80. The molecule has 0 saturated heterocycles. The highest BCUT2D eigenvalue weighted by Crippen LogP contribution is 2.35. The van der Waals surface area contributed by atoms with Crippen molar-refractivity contribution in [3.63, 3.8) is 0 Å². The van der Waals surface area contributed by atoms with E-state index < -0.39 is 0 Å². The molecule has 1 heterocycles. The summed E-state index contributed by atoms with van der Waals surface area (Å²) in [5, 5.41) is 22.3. The Morgan fingerprint density at radius 1 is 1.00 bits per heavy atom. The minimum atomic E-state index is -0.0756. The third-order valence-corrected chi connectivity index (χ3v) is 3.18. The van der Waals surface area contributed by atoms with Gasteiger partial charge in [0.25, 0.3) is 0 Å². The third-order valence-electron chi connectivity index (χ3n) is 3.18. The van der Waals surface area contributed by atoms with Crippen molar-refractivity contribution in [3.05, 3.63) is 42.0 Å². The molecular weight excluding hydrogens is 258 g/mol. The van der Waals surface area contributed by atoms with Crippen molar-refractivity contribution < 1.29 is 19.7 Å². The standard InChI is InChI=1S/C15H15NO4/c1-9(10-4-12(17)7-13(18)5-10)16-11-2-3-14-15(6-11)20-8-19-14/h2-7,9,16-18H,8H2,1H3.